The van der Waals surface area contributed by atoms with E-state index in [1.165, 1.54) is 11.1 Å². The quantitative estimate of drug-likeness (QED) is 0.411. The van der Waals surface area contributed by atoms with E-state index in [2.05, 4.69) is 130 Å². The molecular formula is C36H43N7O. The summed E-state index contributed by atoms with van der Waals surface area (Å²) in [6.45, 7) is 8.36. The number of likely N-dealkylation sites (N-methyl/N-ethyl adjacent to an activating group) is 1. The highest BCUT2D eigenvalue weighted by molar-refractivity contribution is 6.01. The first-order chi connectivity index (χ1) is 21.4. The van der Waals surface area contributed by atoms with E-state index in [1.54, 1.807) is 0 Å². The van der Waals surface area contributed by atoms with Crippen molar-refractivity contribution < 1.29 is 4.79 Å². The molecule has 1 saturated heterocycles. The fourth-order valence-electron chi connectivity index (χ4n) is 6.30. The van der Waals surface area contributed by atoms with Crippen LogP contribution in [0.5, 0.6) is 0 Å². The lowest BCUT2D eigenvalue weighted by molar-refractivity contribution is -0.122. The number of anilines is 1. The van der Waals surface area contributed by atoms with E-state index in [0.717, 1.165) is 67.9 Å². The summed E-state index contributed by atoms with van der Waals surface area (Å²) in [6.07, 6.45) is 6.31. The molecule has 0 saturated carbocycles. The van der Waals surface area contributed by atoms with Gasteiger partial charge in [0.25, 0.3) is 0 Å². The summed E-state index contributed by atoms with van der Waals surface area (Å²) >= 11 is 0. The van der Waals surface area contributed by atoms with E-state index in [-0.39, 0.29) is 11.9 Å². The lowest BCUT2D eigenvalue weighted by Crippen LogP contribution is -2.57. The Bertz CT molecular complexity index is 1540. The number of nitrogens with two attached hydrogens (primary N) is 1. The minimum absolute atomic E-state index is 0.195. The lowest BCUT2D eigenvalue weighted by Gasteiger charge is -2.48. The van der Waals surface area contributed by atoms with Gasteiger partial charge in [0.15, 0.2) is 0 Å². The van der Waals surface area contributed by atoms with Crippen LogP contribution in [0.1, 0.15) is 18.5 Å². The predicted octanol–water partition coefficient (Wildman–Crippen LogP) is 4.71. The van der Waals surface area contributed by atoms with Crippen molar-refractivity contribution in [1.82, 2.24) is 19.6 Å². The van der Waals surface area contributed by atoms with Crippen molar-refractivity contribution in [3.63, 3.8) is 0 Å². The zero-order valence-electron chi connectivity index (χ0n) is 26.0. The van der Waals surface area contributed by atoms with Crippen molar-refractivity contribution in [1.29, 1.82) is 0 Å². The average molecular weight is 590 g/mol. The lowest BCUT2D eigenvalue weighted by atomic mass is 9.94. The second-order valence-corrected chi connectivity index (χ2v) is 12.0. The van der Waals surface area contributed by atoms with Gasteiger partial charge in [-0.2, -0.15) is 0 Å². The molecule has 6 rings (SSSR count). The van der Waals surface area contributed by atoms with Crippen molar-refractivity contribution in [3.05, 3.63) is 108 Å². The monoisotopic (exact) mass is 589 g/mol. The fraction of sp³-hybridized carbons (Fsp3) is 0.333. The Hall–Kier alpha value is -4.40. The molecule has 2 N–H and O–H groups in total. The summed E-state index contributed by atoms with van der Waals surface area (Å²) in [6, 6.07) is 27.0. The number of guanidine groups is 1. The number of fused-ring (bicyclic) bond motifs is 1. The first kappa shape index (κ1) is 29.7. The van der Waals surface area contributed by atoms with Gasteiger partial charge in [-0.3, -0.25) is 14.6 Å². The largest absolute Gasteiger partial charge is 0.368 e. The number of piperazine rings is 1. The standard InChI is InChI=1S/C36H43N7O/c1-27(35(37)44)42-20-10-9-15-33(42)34-31-13-7-8-14-32(31)38-36(41-25-23-40(24-26-41)22-21-39(2)3)43(34)30-18-16-29(17-19-30)28-11-5-4-6-12-28/h4-19,27,34H,20-26H2,1-3H3,(H2,37,44). The third-order valence-electron chi connectivity index (χ3n) is 8.89. The Kier molecular flexibility index (Phi) is 8.82. The number of rotatable bonds is 8. The van der Waals surface area contributed by atoms with Crippen LogP contribution in [-0.4, -0.2) is 97.4 Å². The van der Waals surface area contributed by atoms with Crippen LogP contribution >= 0.6 is 0 Å². The van der Waals surface area contributed by atoms with Crippen LogP contribution in [-0.2, 0) is 4.79 Å². The fourth-order valence-corrected chi connectivity index (χ4v) is 6.30. The molecule has 0 bridgehead atoms. The van der Waals surface area contributed by atoms with Crippen LogP contribution in [0.3, 0.4) is 0 Å². The summed E-state index contributed by atoms with van der Waals surface area (Å²) in [4.78, 5) is 29.6. The first-order valence-electron chi connectivity index (χ1n) is 15.6. The molecule has 8 nitrogen and oxygen atoms in total. The van der Waals surface area contributed by atoms with Crippen molar-refractivity contribution in [2.45, 2.75) is 19.0 Å². The number of amides is 1. The predicted molar refractivity (Wildman–Crippen MR) is 180 cm³/mol. The van der Waals surface area contributed by atoms with E-state index in [4.69, 9.17) is 10.7 Å². The zero-order chi connectivity index (χ0) is 30.6. The summed E-state index contributed by atoms with van der Waals surface area (Å²) in [7, 11) is 4.26. The zero-order valence-corrected chi connectivity index (χ0v) is 26.0. The highest BCUT2D eigenvalue weighted by atomic mass is 16.1. The molecule has 8 heteroatoms. The van der Waals surface area contributed by atoms with Gasteiger partial charge in [0.2, 0.25) is 11.9 Å². The molecule has 0 aliphatic carbocycles. The number of aliphatic imine (C=N–C) groups is 1. The van der Waals surface area contributed by atoms with Gasteiger partial charge in [0, 0.05) is 62.8 Å². The highest BCUT2D eigenvalue weighted by Crippen LogP contribution is 2.44. The molecule has 3 aromatic rings. The molecule has 0 aromatic heterocycles. The second kappa shape index (κ2) is 13.1. The molecular weight excluding hydrogens is 546 g/mol. The minimum Gasteiger partial charge on any atom is -0.368 e. The summed E-state index contributed by atoms with van der Waals surface area (Å²) in [5.41, 5.74) is 12.4. The Morgan fingerprint density at radius 3 is 2.32 bits per heavy atom. The minimum atomic E-state index is -0.455. The average Bonchev–Trinajstić information content (AvgIpc) is 3.07. The number of hydrogen-bond acceptors (Lipinski definition) is 7. The van der Waals surface area contributed by atoms with Crippen LogP contribution in [0.4, 0.5) is 11.4 Å². The van der Waals surface area contributed by atoms with Crippen LogP contribution < -0.4 is 10.6 Å². The molecule has 1 fully saturated rings. The van der Waals surface area contributed by atoms with Crippen LogP contribution in [0, 0.1) is 0 Å². The Balaban J connectivity index is 1.43. The van der Waals surface area contributed by atoms with E-state index in [1.807, 2.05) is 13.0 Å². The maximum Gasteiger partial charge on any atom is 0.239 e. The van der Waals surface area contributed by atoms with Crippen molar-refractivity contribution in [2.24, 2.45) is 10.7 Å². The maximum absolute atomic E-state index is 12.5. The van der Waals surface area contributed by atoms with Crippen LogP contribution in [0.15, 0.2) is 108 Å². The Morgan fingerprint density at radius 2 is 1.61 bits per heavy atom. The summed E-state index contributed by atoms with van der Waals surface area (Å²) in [5.74, 6) is 0.604. The SMILES string of the molecule is CC(C(N)=O)N1CC=CC=C1C1c2ccccc2N=C(N2CCN(CCN(C)C)CC2)N1c1ccc(-c2ccccc2)cc1. The molecule has 3 heterocycles. The number of hydrogen-bond donors (Lipinski definition) is 1. The maximum atomic E-state index is 12.5. The van der Waals surface area contributed by atoms with Gasteiger partial charge in [-0.25, -0.2) is 4.99 Å². The summed E-state index contributed by atoms with van der Waals surface area (Å²) in [5, 5.41) is 0. The third-order valence-corrected chi connectivity index (χ3v) is 8.89. The summed E-state index contributed by atoms with van der Waals surface area (Å²) < 4.78 is 0. The number of benzene rings is 3. The van der Waals surface area contributed by atoms with Crippen LogP contribution in [0.2, 0.25) is 0 Å². The topological polar surface area (TPSA) is 71.6 Å². The van der Waals surface area contributed by atoms with Gasteiger partial charge in [0.05, 0.1) is 5.69 Å². The number of carbonyl (C=O) groups is 1. The van der Waals surface area contributed by atoms with E-state index >= 15 is 0 Å². The first-order valence-corrected chi connectivity index (χ1v) is 15.6. The van der Waals surface area contributed by atoms with E-state index in [0.29, 0.717) is 6.54 Å². The van der Waals surface area contributed by atoms with Gasteiger partial charge in [-0.1, -0.05) is 72.8 Å². The van der Waals surface area contributed by atoms with Gasteiger partial charge in [-0.15, -0.1) is 0 Å². The number of allylic oxidation sites excluding steroid dienone is 2. The number of carbonyl (C=O) groups excluding carboxylic acids is 1. The number of primary amides is 1. The van der Waals surface area contributed by atoms with Crippen molar-refractivity contribution in [3.8, 4) is 11.1 Å². The molecule has 3 aliphatic heterocycles. The van der Waals surface area contributed by atoms with Gasteiger partial charge in [0.1, 0.15) is 12.1 Å². The van der Waals surface area contributed by atoms with E-state index < -0.39 is 6.04 Å². The molecule has 3 aliphatic rings. The Labute approximate surface area is 261 Å². The molecule has 0 radical (unpaired) electrons. The number of nitrogens with zero attached hydrogens (tertiary/aromatic N) is 6. The molecule has 2 atom stereocenters. The smallest absolute Gasteiger partial charge is 0.239 e. The Morgan fingerprint density at radius 1 is 0.932 bits per heavy atom. The highest BCUT2D eigenvalue weighted by Gasteiger charge is 2.40. The molecule has 0 spiro atoms. The van der Waals surface area contributed by atoms with Gasteiger partial charge < -0.3 is 20.4 Å². The van der Waals surface area contributed by atoms with Crippen molar-refractivity contribution in [2.75, 3.05) is 64.8 Å². The number of para-hydroxylation sites is 1. The van der Waals surface area contributed by atoms with Gasteiger partial charge >= 0.3 is 0 Å². The normalized spacial score (nSPS) is 19.5. The second-order valence-electron chi connectivity index (χ2n) is 12.0. The molecule has 1 amide bonds. The molecule has 2 unspecified atom stereocenters. The third kappa shape index (κ3) is 6.14. The van der Waals surface area contributed by atoms with Crippen molar-refractivity contribution >= 4 is 23.2 Å². The molecule has 228 valence electrons. The van der Waals surface area contributed by atoms with E-state index in [9.17, 15) is 4.79 Å². The van der Waals surface area contributed by atoms with Gasteiger partial charge in [-0.05, 0) is 56.4 Å². The van der Waals surface area contributed by atoms with Crippen LogP contribution in [0.25, 0.3) is 11.1 Å². The molecule has 44 heavy (non-hydrogen) atoms. The molecule has 3 aromatic carbocycles.